The van der Waals surface area contributed by atoms with Crippen molar-refractivity contribution in [3.8, 4) is 0 Å². The molecule has 0 bridgehead atoms. The van der Waals surface area contributed by atoms with Gasteiger partial charge in [-0.3, -0.25) is 5.43 Å². The predicted molar refractivity (Wildman–Crippen MR) is 106 cm³/mol. The van der Waals surface area contributed by atoms with Crippen LogP contribution in [-0.2, 0) is 14.6 Å². The van der Waals surface area contributed by atoms with Crippen LogP contribution in [0.3, 0.4) is 0 Å². The van der Waals surface area contributed by atoms with E-state index in [0.717, 1.165) is 38.6 Å². The van der Waals surface area contributed by atoms with Crippen molar-refractivity contribution in [3.63, 3.8) is 0 Å². The van der Waals surface area contributed by atoms with E-state index >= 15 is 0 Å². The molecular weight excluding hydrogens is 348 g/mol. The number of methoxy groups -OCH3 is 1. The number of nitrogens with zero attached hydrogens (tertiary/aromatic N) is 1. The average molecular weight is 383 g/mol. The summed E-state index contributed by atoms with van der Waals surface area (Å²) in [5.41, 5.74) is 3.34. The maximum atomic E-state index is 12.7. The lowest BCUT2D eigenvalue weighted by Gasteiger charge is -2.42. The molecule has 0 radical (unpaired) electrons. The Kier molecular flexibility index (Phi) is 7.64. The predicted octanol–water partition coefficient (Wildman–Crippen LogP) is 3.41. The van der Waals surface area contributed by atoms with Gasteiger partial charge in [0.05, 0.1) is 22.3 Å². The summed E-state index contributed by atoms with van der Waals surface area (Å²) in [6.45, 7) is 7.30. The molecule has 0 spiro atoms. The standard InChI is InChI=1S/C20H34N2O3S/c1-5-17(16-26(23,24)18-12-9-8-10-13-18)21-22-15-11-14-19(22)20(6-2,7-3)25-4/h8-10,12-13,17,19,21H,5-7,11,14-16H2,1-4H3/t17-,19+/m1/s1. The summed E-state index contributed by atoms with van der Waals surface area (Å²) in [4.78, 5) is 0.395. The molecule has 1 saturated heterocycles. The highest BCUT2D eigenvalue weighted by molar-refractivity contribution is 7.91. The Bertz CT molecular complexity index is 636. The van der Waals surface area contributed by atoms with Gasteiger partial charge in [0.25, 0.3) is 0 Å². The molecule has 1 aromatic carbocycles. The Labute approximate surface area is 159 Å². The third-order valence-electron chi connectivity index (χ3n) is 5.83. The minimum Gasteiger partial charge on any atom is -0.377 e. The van der Waals surface area contributed by atoms with Crippen LogP contribution < -0.4 is 5.43 Å². The SMILES string of the molecule is CC[C@H](CS(=O)(=O)c1ccccc1)NN1CCC[C@H]1C(CC)(CC)OC. The number of hydrogen-bond donors (Lipinski definition) is 1. The van der Waals surface area contributed by atoms with Gasteiger partial charge in [-0.25, -0.2) is 13.4 Å². The summed E-state index contributed by atoms with van der Waals surface area (Å²) in [6, 6.07) is 8.89. The number of nitrogens with one attached hydrogen (secondary N) is 1. The molecule has 5 nitrogen and oxygen atoms in total. The third-order valence-corrected chi connectivity index (χ3v) is 7.66. The van der Waals surface area contributed by atoms with Gasteiger partial charge >= 0.3 is 0 Å². The van der Waals surface area contributed by atoms with E-state index in [-0.39, 0.29) is 23.4 Å². The second-order valence-corrected chi connectivity index (χ2v) is 9.19. The summed E-state index contributed by atoms with van der Waals surface area (Å²) in [5.74, 6) is 0.106. The van der Waals surface area contributed by atoms with E-state index in [9.17, 15) is 8.42 Å². The Morgan fingerprint density at radius 2 is 1.88 bits per heavy atom. The summed E-state index contributed by atoms with van der Waals surface area (Å²) in [7, 11) is -1.51. The van der Waals surface area contributed by atoms with E-state index < -0.39 is 9.84 Å². The lowest BCUT2D eigenvalue weighted by atomic mass is 9.87. The fourth-order valence-corrected chi connectivity index (χ4v) is 5.69. The summed E-state index contributed by atoms with van der Waals surface area (Å²) in [5, 5.41) is 2.24. The highest BCUT2D eigenvalue weighted by Gasteiger charge is 2.42. The van der Waals surface area contributed by atoms with Crippen molar-refractivity contribution < 1.29 is 13.2 Å². The minimum absolute atomic E-state index is 0.106. The van der Waals surface area contributed by atoms with Crippen molar-refractivity contribution >= 4 is 9.84 Å². The first kappa shape index (κ1) is 21.4. The number of benzene rings is 1. The maximum Gasteiger partial charge on any atom is 0.179 e. The molecule has 0 unspecified atom stereocenters. The molecule has 1 N–H and O–H groups in total. The molecule has 0 aliphatic carbocycles. The van der Waals surface area contributed by atoms with Crippen LogP contribution in [0.5, 0.6) is 0 Å². The zero-order valence-corrected chi connectivity index (χ0v) is 17.4. The second kappa shape index (κ2) is 9.31. The largest absolute Gasteiger partial charge is 0.377 e. The topological polar surface area (TPSA) is 58.6 Å². The number of ether oxygens (including phenoxy) is 1. The molecule has 148 valence electrons. The molecule has 2 rings (SSSR count). The van der Waals surface area contributed by atoms with Crippen LogP contribution in [0.4, 0.5) is 0 Å². The van der Waals surface area contributed by atoms with Gasteiger partial charge in [-0.1, -0.05) is 39.0 Å². The van der Waals surface area contributed by atoms with E-state index in [0.29, 0.717) is 4.90 Å². The van der Waals surface area contributed by atoms with E-state index in [1.54, 1.807) is 31.4 Å². The van der Waals surface area contributed by atoms with Crippen LogP contribution in [-0.4, -0.2) is 50.5 Å². The first-order valence-electron chi connectivity index (χ1n) is 9.78. The van der Waals surface area contributed by atoms with Crippen molar-refractivity contribution in [2.24, 2.45) is 0 Å². The molecule has 6 heteroatoms. The summed E-state index contributed by atoms with van der Waals surface area (Å²) < 4.78 is 31.4. The van der Waals surface area contributed by atoms with Gasteiger partial charge in [-0.05, 0) is 44.2 Å². The van der Waals surface area contributed by atoms with Crippen LogP contribution in [0.1, 0.15) is 52.9 Å². The minimum atomic E-state index is -3.30. The fraction of sp³-hybridized carbons (Fsp3) is 0.700. The number of rotatable bonds is 10. The van der Waals surface area contributed by atoms with Crippen molar-refractivity contribution in [2.45, 2.75) is 75.5 Å². The monoisotopic (exact) mass is 382 g/mol. The van der Waals surface area contributed by atoms with Gasteiger partial charge in [-0.15, -0.1) is 0 Å². The fourth-order valence-electron chi connectivity index (χ4n) is 4.08. The Balaban J connectivity index is 2.11. The number of sulfone groups is 1. The molecule has 0 aromatic heterocycles. The Morgan fingerprint density at radius 3 is 2.42 bits per heavy atom. The first-order chi connectivity index (χ1) is 12.4. The van der Waals surface area contributed by atoms with Crippen molar-refractivity contribution in [2.75, 3.05) is 19.4 Å². The summed E-state index contributed by atoms with van der Waals surface area (Å²) >= 11 is 0. The van der Waals surface area contributed by atoms with Crippen LogP contribution in [0.15, 0.2) is 35.2 Å². The average Bonchev–Trinajstić information content (AvgIpc) is 3.12. The van der Waals surface area contributed by atoms with Gasteiger partial charge in [0.2, 0.25) is 0 Å². The molecule has 0 saturated carbocycles. The zero-order valence-electron chi connectivity index (χ0n) is 16.6. The molecule has 1 heterocycles. The van der Waals surface area contributed by atoms with Gasteiger partial charge in [-0.2, -0.15) is 0 Å². The Hall–Kier alpha value is -0.950. The van der Waals surface area contributed by atoms with E-state index in [2.05, 4.69) is 24.3 Å². The lowest BCUT2D eigenvalue weighted by molar-refractivity contribution is -0.0870. The molecule has 0 amide bonds. The van der Waals surface area contributed by atoms with E-state index in [1.807, 2.05) is 13.0 Å². The van der Waals surface area contributed by atoms with Gasteiger partial charge in [0.15, 0.2) is 9.84 Å². The molecular formula is C20H34N2O3S. The normalized spacial score (nSPS) is 20.4. The number of hydrogen-bond acceptors (Lipinski definition) is 5. The zero-order chi connectivity index (χ0) is 19.2. The molecule has 1 fully saturated rings. The van der Waals surface area contributed by atoms with Crippen LogP contribution >= 0.6 is 0 Å². The molecule has 1 aliphatic rings. The van der Waals surface area contributed by atoms with E-state index in [4.69, 9.17) is 4.74 Å². The molecule has 2 atom stereocenters. The molecule has 1 aliphatic heterocycles. The van der Waals surface area contributed by atoms with Gasteiger partial charge in [0, 0.05) is 19.7 Å². The smallest absolute Gasteiger partial charge is 0.179 e. The summed E-state index contributed by atoms with van der Waals surface area (Å²) in [6.07, 6.45) is 4.83. The molecule has 26 heavy (non-hydrogen) atoms. The van der Waals surface area contributed by atoms with Crippen LogP contribution in [0.2, 0.25) is 0 Å². The second-order valence-electron chi connectivity index (χ2n) is 7.16. The van der Waals surface area contributed by atoms with Crippen LogP contribution in [0.25, 0.3) is 0 Å². The maximum absolute atomic E-state index is 12.7. The quantitative estimate of drug-likeness (QED) is 0.672. The van der Waals surface area contributed by atoms with Gasteiger partial charge in [0.1, 0.15) is 0 Å². The van der Waals surface area contributed by atoms with Crippen LogP contribution in [0, 0.1) is 0 Å². The van der Waals surface area contributed by atoms with Gasteiger partial charge < -0.3 is 4.74 Å². The third kappa shape index (κ3) is 4.66. The van der Waals surface area contributed by atoms with E-state index in [1.165, 1.54) is 0 Å². The highest BCUT2D eigenvalue weighted by Crippen LogP contribution is 2.34. The molecule has 1 aromatic rings. The van der Waals surface area contributed by atoms with Crippen molar-refractivity contribution in [1.82, 2.24) is 10.4 Å². The van der Waals surface area contributed by atoms with Crippen molar-refractivity contribution in [1.29, 1.82) is 0 Å². The lowest BCUT2D eigenvalue weighted by Crippen LogP contribution is -2.57. The number of hydrazine groups is 1. The van der Waals surface area contributed by atoms with Crippen molar-refractivity contribution in [3.05, 3.63) is 30.3 Å². The first-order valence-corrected chi connectivity index (χ1v) is 11.4. The Morgan fingerprint density at radius 1 is 1.23 bits per heavy atom. The highest BCUT2D eigenvalue weighted by atomic mass is 32.2.